The molecular weight excluding hydrogens is 400 g/mol. The lowest BCUT2D eigenvalue weighted by Crippen LogP contribution is -2.29. The monoisotopic (exact) mass is 420 g/mol. The third-order valence-corrected chi connectivity index (χ3v) is 5.34. The first-order chi connectivity index (χ1) is 15.1. The van der Waals surface area contributed by atoms with Gasteiger partial charge in [0, 0.05) is 23.9 Å². The number of benzene rings is 1. The number of pyridine rings is 1. The first-order valence-electron chi connectivity index (χ1n) is 9.97. The van der Waals surface area contributed by atoms with Crippen LogP contribution in [0, 0.1) is 0 Å². The normalized spacial score (nSPS) is 14.4. The summed E-state index contributed by atoms with van der Waals surface area (Å²) in [6.07, 6.45) is 4.14. The van der Waals surface area contributed by atoms with Gasteiger partial charge in [-0.05, 0) is 24.6 Å². The summed E-state index contributed by atoms with van der Waals surface area (Å²) in [5, 5.41) is 19.6. The Kier molecular flexibility index (Phi) is 4.83. The van der Waals surface area contributed by atoms with Crippen LogP contribution in [0.2, 0.25) is 0 Å². The molecule has 3 aromatic rings. The SMILES string of the molecule is O=C1Cc2cc(C(=O)N3CCc4c(OCc5cn(CCO)nn5)cccc43)cnc2N1. The van der Waals surface area contributed by atoms with Crippen LogP contribution in [-0.2, 0) is 30.8 Å². The highest BCUT2D eigenvalue weighted by Gasteiger charge is 2.29. The zero-order chi connectivity index (χ0) is 21.4. The maximum atomic E-state index is 13.1. The fourth-order valence-electron chi connectivity index (χ4n) is 3.90. The molecule has 2 aliphatic heterocycles. The van der Waals surface area contributed by atoms with E-state index >= 15 is 0 Å². The van der Waals surface area contributed by atoms with Crippen molar-refractivity contribution in [2.45, 2.75) is 26.0 Å². The van der Waals surface area contributed by atoms with Gasteiger partial charge in [-0.2, -0.15) is 0 Å². The van der Waals surface area contributed by atoms with Crippen LogP contribution in [0.1, 0.15) is 27.2 Å². The number of hydrogen-bond donors (Lipinski definition) is 2. The van der Waals surface area contributed by atoms with Crippen molar-refractivity contribution in [2.24, 2.45) is 0 Å². The molecule has 10 nitrogen and oxygen atoms in total. The average molecular weight is 420 g/mol. The van der Waals surface area contributed by atoms with Crippen molar-refractivity contribution >= 4 is 23.3 Å². The number of aliphatic hydroxyl groups excluding tert-OH is 1. The summed E-state index contributed by atoms with van der Waals surface area (Å²) in [6, 6.07) is 7.36. The average Bonchev–Trinajstić information content (AvgIpc) is 3.49. The Morgan fingerprint density at radius 1 is 1.32 bits per heavy atom. The molecule has 0 unspecified atom stereocenters. The molecule has 10 heteroatoms. The van der Waals surface area contributed by atoms with E-state index in [0.29, 0.717) is 42.3 Å². The maximum Gasteiger partial charge on any atom is 0.259 e. The van der Waals surface area contributed by atoms with Crippen LogP contribution in [0.15, 0.2) is 36.7 Å². The van der Waals surface area contributed by atoms with Crippen LogP contribution in [0.4, 0.5) is 11.5 Å². The van der Waals surface area contributed by atoms with Gasteiger partial charge in [-0.15, -0.1) is 5.10 Å². The Morgan fingerprint density at radius 3 is 3.10 bits per heavy atom. The van der Waals surface area contributed by atoms with Crippen molar-refractivity contribution < 1.29 is 19.4 Å². The summed E-state index contributed by atoms with van der Waals surface area (Å²) in [5.41, 5.74) is 3.62. The van der Waals surface area contributed by atoms with E-state index < -0.39 is 0 Å². The molecule has 2 aromatic heterocycles. The molecule has 158 valence electrons. The molecule has 0 saturated heterocycles. The number of hydrogen-bond acceptors (Lipinski definition) is 7. The second-order valence-electron chi connectivity index (χ2n) is 7.40. The lowest BCUT2D eigenvalue weighted by Gasteiger charge is -2.18. The number of amides is 2. The van der Waals surface area contributed by atoms with Gasteiger partial charge in [0.2, 0.25) is 5.91 Å². The fourth-order valence-corrected chi connectivity index (χ4v) is 3.90. The molecule has 0 fully saturated rings. The van der Waals surface area contributed by atoms with Gasteiger partial charge in [0.1, 0.15) is 23.9 Å². The topological polar surface area (TPSA) is 122 Å². The fraction of sp³-hybridized carbons (Fsp3) is 0.286. The molecule has 0 spiro atoms. The van der Waals surface area contributed by atoms with E-state index in [1.54, 1.807) is 21.8 Å². The lowest BCUT2D eigenvalue weighted by atomic mass is 10.1. The number of ether oxygens (including phenoxy) is 1. The summed E-state index contributed by atoms with van der Waals surface area (Å²) < 4.78 is 7.52. The highest BCUT2D eigenvalue weighted by atomic mass is 16.5. The van der Waals surface area contributed by atoms with Crippen LogP contribution < -0.4 is 15.0 Å². The quantitative estimate of drug-likeness (QED) is 0.608. The zero-order valence-corrected chi connectivity index (χ0v) is 16.6. The standard InChI is InChI=1S/C21H20N6O4/c28-7-6-26-11-15(24-25-26)12-31-18-3-1-2-17-16(18)4-5-27(17)21(30)14-8-13-9-19(29)23-20(13)22-10-14/h1-3,8,10-11,28H,4-7,9,12H2,(H,22,23,29). The molecule has 1 aromatic carbocycles. The van der Waals surface area contributed by atoms with Crippen molar-refractivity contribution in [1.82, 2.24) is 20.0 Å². The predicted molar refractivity (Wildman–Crippen MR) is 110 cm³/mol. The van der Waals surface area contributed by atoms with E-state index in [-0.39, 0.29) is 31.4 Å². The Balaban J connectivity index is 1.33. The summed E-state index contributed by atoms with van der Waals surface area (Å²) in [7, 11) is 0. The van der Waals surface area contributed by atoms with Crippen molar-refractivity contribution in [1.29, 1.82) is 0 Å². The van der Waals surface area contributed by atoms with Gasteiger partial charge in [0.25, 0.3) is 5.91 Å². The van der Waals surface area contributed by atoms with Crippen molar-refractivity contribution in [3.63, 3.8) is 0 Å². The van der Waals surface area contributed by atoms with Gasteiger partial charge in [-0.3, -0.25) is 9.59 Å². The number of fused-ring (bicyclic) bond motifs is 2. The number of nitrogens with one attached hydrogen (secondary N) is 1. The predicted octanol–water partition coefficient (Wildman–Crippen LogP) is 0.942. The summed E-state index contributed by atoms with van der Waals surface area (Å²) in [4.78, 5) is 30.6. The van der Waals surface area contributed by atoms with Crippen LogP contribution in [0.25, 0.3) is 0 Å². The van der Waals surface area contributed by atoms with Crippen molar-refractivity contribution in [3.8, 4) is 5.75 Å². The molecule has 4 heterocycles. The number of carbonyl (C=O) groups is 2. The molecule has 2 aliphatic rings. The number of nitrogens with zero attached hydrogens (tertiary/aromatic N) is 5. The minimum Gasteiger partial charge on any atom is -0.487 e. The number of aromatic nitrogens is 4. The van der Waals surface area contributed by atoms with Gasteiger partial charge >= 0.3 is 0 Å². The van der Waals surface area contributed by atoms with Crippen molar-refractivity contribution in [3.05, 3.63) is 59.0 Å². The first kappa shape index (κ1) is 19.2. The van der Waals surface area contributed by atoms with Gasteiger partial charge < -0.3 is 20.1 Å². The smallest absolute Gasteiger partial charge is 0.259 e. The molecule has 2 amide bonds. The Labute approximate surface area is 177 Å². The van der Waals surface area contributed by atoms with Crippen LogP contribution in [0.5, 0.6) is 5.75 Å². The molecular formula is C21H20N6O4. The summed E-state index contributed by atoms with van der Waals surface area (Å²) in [5.74, 6) is 0.954. The minimum absolute atomic E-state index is 0.00766. The number of rotatable bonds is 6. The molecule has 0 aliphatic carbocycles. The van der Waals surface area contributed by atoms with E-state index in [0.717, 1.165) is 16.8 Å². The third kappa shape index (κ3) is 3.61. The van der Waals surface area contributed by atoms with E-state index in [1.165, 1.54) is 6.20 Å². The highest BCUT2D eigenvalue weighted by molar-refractivity contribution is 6.08. The molecule has 5 rings (SSSR count). The summed E-state index contributed by atoms with van der Waals surface area (Å²) in [6.45, 7) is 1.15. The zero-order valence-electron chi connectivity index (χ0n) is 16.6. The van der Waals surface area contributed by atoms with Gasteiger partial charge in [-0.25, -0.2) is 9.67 Å². The van der Waals surface area contributed by atoms with Crippen LogP contribution >= 0.6 is 0 Å². The molecule has 0 bridgehead atoms. The van der Waals surface area contributed by atoms with E-state index in [4.69, 9.17) is 9.84 Å². The van der Waals surface area contributed by atoms with Crippen LogP contribution in [-0.4, -0.2) is 50.1 Å². The van der Waals surface area contributed by atoms with Crippen LogP contribution in [0.3, 0.4) is 0 Å². The number of anilines is 2. The van der Waals surface area contributed by atoms with Gasteiger partial charge in [0.05, 0.1) is 37.0 Å². The molecule has 0 atom stereocenters. The summed E-state index contributed by atoms with van der Waals surface area (Å²) >= 11 is 0. The molecule has 2 N–H and O–H groups in total. The minimum atomic E-state index is -0.155. The highest BCUT2D eigenvalue weighted by Crippen LogP contribution is 2.36. The molecule has 0 radical (unpaired) electrons. The number of aliphatic hydroxyl groups is 1. The Morgan fingerprint density at radius 2 is 2.23 bits per heavy atom. The Hall–Kier alpha value is -3.79. The largest absolute Gasteiger partial charge is 0.487 e. The van der Waals surface area contributed by atoms with Crippen molar-refractivity contribution in [2.75, 3.05) is 23.4 Å². The first-order valence-corrected chi connectivity index (χ1v) is 9.97. The van der Waals surface area contributed by atoms with E-state index in [9.17, 15) is 9.59 Å². The van der Waals surface area contributed by atoms with Gasteiger partial charge in [-0.1, -0.05) is 11.3 Å². The maximum absolute atomic E-state index is 13.1. The van der Waals surface area contributed by atoms with E-state index in [2.05, 4.69) is 20.6 Å². The second kappa shape index (κ2) is 7.80. The molecule has 31 heavy (non-hydrogen) atoms. The third-order valence-electron chi connectivity index (χ3n) is 5.34. The number of carbonyl (C=O) groups excluding carboxylic acids is 2. The van der Waals surface area contributed by atoms with E-state index in [1.807, 2.05) is 18.2 Å². The lowest BCUT2D eigenvalue weighted by molar-refractivity contribution is -0.115. The molecule has 0 saturated carbocycles. The van der Waals surface area contributed by atoms with Gasteiger partial charge in [0.15, 0.2) is 0 Å². The second-order valence-corrected chi connectivity index (χ2v) is 7.40. The Bertz CT molecular complexity index is 1170.